The third-order valence-corrected chi connectivity index (χ3v) is 2.50. The Morgan fingerprint density at radius 2 is 1.63 bits per heavy atom. The van der Waals surface area contributed by atoms with E-state index in [4.69, 9.17) is 10.1 Å². The second-order valence-electron chi connectivity index (χ2n) is 3.57. The van der Waals surface area contributed by atoms with Gasteiger partial charge in [-0.2, -0.15) is 0 Å². The molecule has 0 aliphatic heterocycles. The summed E-state index contributed by atoms with van der Waals surface area (Å²) in [6, 6.07) is 0. The summed E-state index contributed by atoms with van der Waals surface area (Å²) in [5.41, 5.74) is -0.220. The number of carbonyl (C=O) groups is 3. The Kier molecular flexibility index (Phi) is 7.14. The van der Waals surface area contributed by atoms with Crippen molar-refractivity contribution in [3.05, 3.63) is 5.57 Å². The van der Waals surface area contributed by atoms with Crippen LogP contribution >= 0.6 is 0 Å². The van der Waals surface area contributed by atoms with E-state index >= 15 is 0 Å². The number of hydrogen-bond acceptors (Lipinski definition) is 7. The maximum atomic E-state index is 11.6. The number of esters is 3. The highest BCUT2D eigenvalue weighted by Crippen LogP contribution is 2.22. The van der Waals surface area contributed by atoms with Crippen LogP contribution in [-0.2, 0) is 28.6 Å². The summed E-state index contributed by atoms with van der Waals surface area (Å²) in [4.78, 5) is 34.8. The minimum Gasteiger partial charge on any atom is -0.468 e. The van der Waals surface area contributed by atoms with Crippen molar-refractivity contribution in [1.82, 2.24) is 0 Å². The van der Waals surface area contributed by atoms with Gasteiger partial charge in [0.15, 0.2) is 5.92 Å². The first kappa shape index (κ1) is 16.9. The average molecular weight is 271 g/mol. The molecule has 0 aromatic rings. The van der Waals surface area contributed by atoms with E-state index in [1.54, 1.807) is 6.92 Å². The van der Waals surface area contributed by atoms with E-state index in [9.17, 15) is 14.4 Å². The number of ether oxygens (including phenoxy) is 3. The zero-order chi connectivity index (χ0) is 15.0. The maximum Gasteiger partial charge on any atom is 0.343 e. The summed E-state index contributed by atoms with van der Waals surface area (Å²) in [7, 11) is 2.23. The normalized spacial score (nSPS) is 11.2. The number of hydrogen-bond donors (Lipinski definition) is 1. The van der Waals surface area contributed by atoms with E-state index in [1.807, 2.05) is 5.87 Å². The zero-order valence-corrected chi connectivity index (χ0v) is 11.3. The van der Waals surface area contributed by atoms with Crippen molar-refractivity contribution >= 4 is 23.8 Å². The fraction of sp³-hybridized carbons (Fsp3) is 0.583. The van der Waals surface area contributed by atoms with Crippen LogP contribution in [0.4, 0.5) is 0 Å². The van der Waals surface area contributed by atoms with E-state index in [0.717, 1.165) is 14.2 Å². The molecule has 0 amide bonds. The fourth-order valence-electron chi connectivity index (χ4n) is 1.48. The fourth-order valence-corrected chi connectivity index (χ4v) is 1.48. The molecule has 7 nitrogen and oxygen atoms in total. The van der Waals surface area contributed by atoms with Crippen molar-refractivity contribution in [2.24, 2.45) is 11.8 Å². The number of carbonyl (C=O) groups excluding carboxylic acids is 3. The zero-order valence-electron chi connectivity index (χ0n) is 11.3. The van der Waals surface area contributed by atoms with Crippen molar-refractivity contribution in [1.29, 1.82) is 5.41 Å². The van der Waals surface area contributed by atoms with Gasteiger partial charge in [-0.3, -0.25) is 15.0 Å². The van der Waals surface area contributed by atoms with E-state index in [1.165, 1.54) is 6.92 Å². The Labute approximate surface area is 111 Å². The van der Waals surface area contributed by atoms with Gasteiger partial charge in [0.2, 0.25) is 0 Å². The van der Waals surface area contributed by atoms with Crippen LogP contribution < -0.4 is 0 Å². The molecule has 0 aliphatic rings. The first-order valence-electron chi connectivity index (χ1n) is 5.56. The molecule has 106 valence electrons. The van der Waals surface area contributed by atoms with Crippen molar-refractivity contribution in [2.75, 3.05) is 20.8 Å². The Morgan fingerprint density at radius 1 is 1.16 bits per heavy atom. The Balaban J connectivity index is 5.34. The smallest absolute Gasteiger partial charge is 0.343 e. The molecule has 0 saturated heterocycles. The van der Waals surface area contributed by atoms with Crippen molar-refractivity contribution in [3.8, 4) is 0 Å². The van der Waals surface area contributed by atoms with Crippen LogP contribution in [0.3, 0.4) is 0 Å². The van der Waals surface area contributed by atoms with Gasteiger partial charge in [0.05, 0.1) is 20.8 Å². The van der Waals surface area contributed by atoms with Crippen molar-refractivity contribution in [2.45, 2.75) is 13.8 Å². The van der Waals surface area contributed by atoms with Crippen molar-refractivity contribution in [3.63, 3.8) is 0 Å². The summed E-state index contributed by atoms with van der Waals surface area (Å²) in [6.07, 6.45) is 0. The Bertz CT molecular complexity index is 394. The predicted octanol–water partition coefficient (Wildman–Crippen LogP) is 0.323. The number of rotatable bonds is 6. The number of methoxy groups -OCH3 is 2. The summed E-state index contributed by atoms with van der Waals surface area (Å²) >= 11 is 0. The van der Waals surface area contributed by atoms with Crippen LogP contribution in [0.1, 0.15) is 13.8 Å². The Morgan fingerprint density at radius 3 is 1.95 bits per heavy atom. The van der Waals surface area contributed by atoms with Gasteiger partial charge in [0.1, 0.15) is 5.57 Å². The quantitative estimate of drug-likeness (QED) is 0.245. The van der Waals surface area contributed by atoms with Crippen LogP contribution in [-0.4, -0.2) is 44.6 Å². The van der Waals surface area contributed by atoms with E-state index in [-0.39, 0.29) is 12.2 Å². The second-order valence-corrected chi connectivity index (χ2v) is 3.57. The molecular weight excluding hydrogens is 254 g/mol. The summed E-state index contributed by atoms with van der Waals surface area (Å²) in [5, 5.41) is 7.10. The third-order valence-electron chi connectivity index (χ3n) is 2.50. The summed E-state index contributed by atoms with van der Waals surface area (Å²) in [5.74, 6) is -2.88. The van der Waals surface area contributed by atoms with Gasteiger partial charge in [-0.1, -0.05) is 6.92 Å². The van der Waals surface area contributed by atoms with E-state index in [2.05, 4.69) is 9.47 Å². The molecule has 19 heavy (non-hydrogen) atoms. The SMILES string of the molecule is CCOC(=O)C(=C=N)C(C)C(C(=O)OC)C(=O)OC. The molecule has 1 N–H and O–H groups in total. The molecule has 0 aliphatic carbocycles. The average Bonchev–Trinajstić information content (AvgIpc) is 2.39. The maximum absolute atomic E-state index is 11.6. The molecule has 0 saturated carbocycles. The van der Waals surface area contributed by atoms with Crippen LogP contribution in [0.5, 0.6) is 0 Å². The molecule has 7 heteroatoms. The summed E-state index contributed by atoms with van der Waals surface area (Å²) in [6.45, 7) is 3.13. The molecule has 0 radical (unpaired) electrons. The number of nitrogens with one attached hydrogen (secondary N) is 1. The predicted molar refractivity (Wildman–Crippen MR) is 64.6 cm³/mol. The van der Waals surface area contributed by atoms with Crippen LogP contribution in [0.25, 0.3) is 0 Å². The van der Waals surface area contributed by atoms with Gasteiger partial charge in [0.25, 0.3) is 0 Å². The largest absolute Gasteiger partial charge is 0.468 e. The van der Waals surface area contributed by atoms with Crippen LogP contribution in [0.15, 0.2) is 5.57 Å². The topological polar surface area (TPSA) is 103 Å². The molecule has 0 fully saturated rings. The van der Waals surface area contributed by atoms with Gasteiger partial charge < -0.3 is 14.2 Å². The van der Waals surface area contributed by atoms with E-state index in [0.29, 0.717) is 0 Å². The molecule has 0 bridgehead atoms. The first-order valence-corrected chi connectivity index (χ1v) is 5.56. The minimum absolute atomic E-state index is 0.109. The molecule has 1 unspecified atom stereocenters. The lowest BCUT2D eigenvalue weighted by atomic mass is 9.87. The molecule has 1 atom stereocenters. The van der Waals surface area contributed by atoms with Crippen molar-refractivity contribution < 1.29 is 28.6 Å². The van der Waals surface area contributed by atoms with Crippen LogP contribution in [0.2, 0.25) is 0 Å². The van der Waals surface area contributed by atoms with E-state index < -0.39 is 29.7 Å². The molecule has 0 aromatic carbocycles. The van der Waals surface area contributed by atoms with Gasteiger partial charge in [-0.15, -0.1) is 0 Å². The third kappa shape index (κ3) is 4.22. The van der Waals surface area contributed by atoms with Gasteiger partial charge in [-0.05, 0) is 12.8 Å². The monoisotopic (exact) mass is 271 g/mol. The lowest BCUT2D eigenvalue weighted by Gasteiger charge is -2.19. The van der Waals surface area contributed by atoms with Crippen LogP contribution in [0, 0.1) is 17.2 Å². The first-order chi connectivity index (χ1) is 8.94. The highest BCUT2D eigenvalue weighted by Gasteiger charge is 2.38. The highest BCUT2D eigenvalue weighted by molar-refractivity contribution is 6.02. The molecule has 0 aromatic heterocycles. The lowest BCUT2D eigenvalue weighted by Crippen LogP contribution is -2.35. The molecular formula is C12H17NO6. The Hall–Kier alpha value is -2.14. The molecule has 0 heterocycles. The van der Waals surface area contributed by atoms with Gasteiger partial charge in [0, 0.05) is 5.92 Å². The minimum atomic E-state index is -1.34. The summed E-state index contributed by atoms with van der Waals surface area (Å²) < 4.78 is 13.7. The highest BCUT2D eigenvalue weighted by atomic mass is 16.5. The van der Waals surface area contributed by atoms with Gasteiger partial charge >= 0.3 is 17.9 Å². The molecule has 0 rings (SSSR count). The second kappa shape index (κ2) is 8.05. The standard InChI is InChI=1S/C12H17NO6/c1-5-19-10(14)8(6-13)7(2)9(11(15)17-3)12(16)18-4/h7,9,13H,5H2,1-4H3. The molecule has 0 spiro atoms. The lowest BCUT2D eigenvalue weighted by molar-refractivity contribution is -0.160. The van der Waals surface area contributed by atoms with Gasteiger partial charge in [-0.25, -0.2) is 4.79 Å².